The third kappa shape index (κ3) is 4.69. The van der Waals surface area contributed by atoms with Crippen LogP contribution in [-0.4, -0.2) is 66.8 Å². The number of carbonyl (C=O) groups excluding carboxylic acids is 1. The van der Waals surface area contributed by atoms with E-state index in [4.69, 9.17) is 0 Å². The molecule has 2 atom stereocenters. The Labute approximate surface area is 166 Å². The fourth-order valence-corrected chi connectivity index (χ4v) is 3.45. The number of aromatic nitrogens is 2. The first-order valence-corrected chi connectivity index (χ1v) is 9.45. The fourth-order valence-electron chi connectivity index (χ4n) is 3.45. The number of carbonyl (C=O) groups is 1. The molecule has 1 aromatic heterocycles. The van der Waals surface area contributed by atoms with Gasteiger partial charge in [0.1, 0.15) is 0 Å². The molecule has 1 fully saturated rings. The summed E-state index contributed by atoms with van der Waals surface area (Å²) in [6.07, 6.45) is 4.36. The van der Waals surface area contributed by atoms with Gasteiger partial charge >= 0.3 is 0 Å². The van der Waals surface area contributed by atoms with Crippen LogP contribution in [0.15, 0.2) is 47.7 Å². The third-order valence-electron chi connectivity index (χ3n) is 4.95. The largest absolute Gasteiger partial charge is 0.354 e. The van der Waals surface area contributed by atoms with E-state index in [1.54, 1.807) is 11.7 Å². The van der Waals surface area contributed by atoms with Crippen LogP contribution in [0.5, 0.6) is 0 Å². The Morgan fingerprint density at radius 3 is 2.71 bits per heavy atom. The van der Waals surface area contributed by atoms with Gasteiger partial charge in [0.05, 0.1) is 18.3 Å². The quantitative estimate of drug-likeness (QED) is 0.575. The molecule has 150 valence electrons. The Balaban J connectivity index is 1.58. The average Bonchev–Trinajstić information content (AvgIpc) is 3.27. The molecule has 1 saturated heterocycles. The van der Waals surface area contributed by atoms with Gasteiger partial charge in [-0.05, 0) is 26.2 Å². The second-order valence-electron chi connectivity index (χ2n) is 7.27. The Hall–Kier alpha value is -2.87. The summed E-state index contributed by atoms with van der Waals surface area (Å²) in [5, 5.41) is 11.0. The van der Waals surface area contributed by atoms with Crippen LogP contribution in [0.1, 0.15) is 18.0 Å². The molecule has 28 heavy (non-hydrogen) atoms. The third-order valence-corrected chi connectivity index (χ3v) is 4.95. The molecular weight excluding hydrogens is 354 g/mol. The standard InChI is InChI=1S/C20H29N7O/c1-21-20(22-12-18(25(2)3)15-11-23-26(4)13-15)24-16-10-19(28)27(14-16)17-8-6-5-7-9-17/h5-9,11,13,16,18H,10,12,14H2,1-4H3,(H2,21,22,24). The summed E-state index contributed by atoms with van der Waals surface area (Å²) in [7, 11) is 7.75. The predicted molar refractivity (Wildman–Crippen MR) is 111 cm³/mol. The number of benzene rings is 1. The number of para-hydroxylation sites is 1. The molecule has 0 aliphatic carbocycles. The molecule has 2 heterocycles. The summed E-state index contributed by atoms with van der Waals surface area (Å²) in [5.74, 6) is 0.823. The van der Waals surface area contributed by atoms with E-state index in [1.807, 2.05) is 68.8 Å². The minimum atomic E-state index is 0.0232. The highest BCUT2D eigenvalue weighted by Gasteiger charge is 2.31. The highest BCUT2D eigenvalue weighted by atomic mass is 16.2. The summed E-state index contributed by atoms with van der Waals surface area (Å²) in [6, 6.07) is 9.96. The first-order valence-electron chi connectivity index (χ1n) is 9.45. The Kier molecular flexibility index (Phi) is 6.30. The van der Waals surface area contributed by atoms with Crippen LogP contribution in [-0.2, 0) is 11.8 Å². The van der Waals surface area contributed by atoms with E-state index in [-0.39, 0.29) is 18.0 Å². The molecular formula is C20H29N7O. The van der Waals surface area contributed by atoms with E-state index in [0.29, 0.717) is 25.5 Å². The average molecular weight is 384 g/mol. The normalized spacial score (nSPS) is 18.6. The van der Waals surface area contributed by atoms with Gasteiger partial charge in [0, 0.05) is 51.1 Å². The molecule has 1 aromatic carbocycles. The molecule has 3 rings (SSSR count). The van der Waals surface area contributed by atoms with E-state index in [9.17, 15) is 4.79 Å². The summed E-state index contributed by atoms with van der Waals surface area (Å²) in [4.78, 5) is 20.7. The Morgan fingerprint density at radius 1 is 1.36 bits per heavy atom. The molecule has 0 spiro atoms. The van der Waals surface area contributed by atoms with Crippen molar-refractivity contribution < 1.29 is 4.79 Å². The maximum absolute atomic E-state index is 12.4. The maximum Gasteiger partial charge on any atom is 0.229 e. The van der Waals surface area contributed by atoms with Gasteiger partial charge in [0.2, 0.25) is 5.91 Å². The molecule has 1 aliphatic rings. The lowest BCUT2D eigenvalue weighted by Gasteiger charge is -2.25. The molecule has 0 bridgehead atoms. The van der Waals surface area contributed by atoms with Crippen LogP contribution in [0.3, 0.4) is 0 Å². The molecule has 1 aliphatic heterocycles. The van der Waals surface area contributed by atoms with Gasteiger partial charge < -0.3 is 20.4 Å². The zero-order chi connectivity index (χ0) is 20.1. The smallest absolute Gasteiger partial charge is 0.229 e. The fraction of sp³-hybridized carbons (Fsp3) is 0.450. The van der Waals surface area contributed by atoms with Crippen molar-refractivity contribution in [3.63, 3.8) is 0 Å². The lowest BCUT2D eigenvalue weighted by atomic mass is 10.1. The number of hydrogen-bond donors (Lipinski definition) is 2. The van der Waals surface area contributed by atoms with Crippen molar-refractivity contribution in [2.75, 3.05) is 39.1 Å². The number of rotatable bonds is 6. The first kappa shape index (κ1) is 19.9. The Bertz CT molecular complexity index is 815. The monoisotopic (exact) mass is 383 g/mol. The number of likely N-dealkylation sites (N-methyl/N-ethyl adjacent to an activating group) is 1. The lowest BCUT2D eigenvalue weighted by molar-refractivity contribution is -0.117. The number of amides is 1. The minimum absolute atomic E-state index is 0.0232. The summed E-state index contributed by atoms with van der Waals surface area (Å²) < 4.78 is 1.81. The molecule has 1 amide bonds. The zero-order valence-corrected chi connectivity index (χ0v) is 17.0. The molecule has 0 saturated carbocycles. The lowest BCUT2D eigenvalue weighted by Crippen LogP contribution is -2.46. The van der Waals surface area contributed by atoms with E-state index in [1.165, 1.54) is 0 Å². The van der Waals surface area contributed by atoms with Gasteiger partial charge in [-0.25, -0.2) is 0 Å². The first-order chi connectivity index (χ1) is 13.5. The predicted octanol–water partition coefficient (Wildman–Crippen LogP) is 0.993. The number of aliphatic imine (C=N–C) groups is 1. The van der Waals surface area contributed by atoms with Crippen molar-refractivity contribution >= 4 is 17.6 Å². The minimum Gasteiger partial charge on any atom is -0.354 e. The number of nitrogens with zero attached hydrogens (tertiary/aromatic N) is 5. The highest BCUT2D eigenvalue weighted by molar-refractivity contribution is 5.97. The van der Waals surface area contributed by atoms with E-state index in [2.05, 4.69) is 25.6 Å². The van der Waals surface area contributed by atoms with Gasteiger partial charge in [-0.3, -0.25) is 14.5 Å². The van der Waals surface area contributed by atoms with E-state index in [0.717, 1.165) is 11.3 Å². The van der Waals surface area contributed by atoms with Gasteiger partial charge in [-0.15, -0.1) is 0 Å². The molecule has 0 radical (unpaired) electrons. The van der Waals surface area contributed by atoms with Crippen molar-refractivity contribution in [1.82, 2.24) is 25.3 Å². The number of nitrogens with one attached hydrogen (secondary N) is 2. The van der Waals surface area contributed by atoms with Crippen LogP contribution in [0, 0.1) is 0 Å². The highest BCUT2D eigenvalue weighted by Crippen LogP contribution is 2.21. The van der Waals surface area contributed by atoms with E-state index < -0.39 is 0 Å². The maximum atomic E-state index is 12.4. The van der Waals surface area contributed by atoms with Crippen LogP contribution in [0.2, 0.25) is 0 Å². The molecule has 2 unspecified atom stereocenters. The van der Waals surface area contributed by atoms with Crippen molar-refractivity contribution in [1.29, 1.82) is 0 Å². The molecule has 2 aromatic rings. The van der Waals surface area contributed by atoms with E-state index >= 15 is 0 Å². The Morgan fingerprint density at radius 2 is 2.11 bits per heavy atom. The van der Waals surface area contributed by atoms with Gasteiger partial charge in [-0.1, -0.05) is 18.2 Å². The SMILES string of the molecule is CN=C(NCC(c1cnn(C)c1)N(C)C)NC1CC(=O)N(c2ccccc2)C1. The molecule has 8 heteroatoms. The second kappa shape index (κ2) is 8.88. The number of aryl methyl sites for hydroxylation is 1. The van der Waals surface area contributed by atoms with Crippen molar-refractivity contribution in [3.05, 3.63) is 48.3 Å². The van der Waals surface area contributed by atoms with Gasteiger partial charge in [-0.2, -0.15) is 5.10 Å². The van der Waals surface area contributed by atoms with Crippen molar-refractivity contribution in [2.45, 2.75) is 18.5 Å². The van der Waals surface area contributed by atoms with Crippen LogP contribution < -0.4 is 15.5 Å². The van der Waals surface area contributed by atoms with Crippen molar-refractivity contribution in [2.24, 2.45) is 12.0 Å². The number of anilines is 1. The topological polar surface area (TPSA) is 77.8 Å². The number of hydrogen-bond acceptors (Lipinski definition) is 4. The van der Waals surface area contributed by atoms with Gasteiger partial charge in [0.15, 0.2) is 5.96 Å². The summed E-state index contributed by atoms with van der Waals surface area (Å²) in [5.41, 5.74) is 2.07. The van der Waals surface area contributed by atoms with Gasteiger partial charge in [0.25, 0.3) is 0 Å². The molecule has 2 N–H and O–H groups in total. The summed E-state index contributed by atoms with van der Waals surface area (Å²) >= 11 is 0. The number of guanidine groups is 1. The van der Waals surface area contributed by atoms with Crippen LogP contribution in [0.4, 0.5) is 5.69 Å². The molecule has 8 nitrogen and oxygen atoms in total. The zero-order valence-electron chi connectivity index (χ0n) is 17.0. The van der Waals surface area contributed by atoms with Crippen LogP contribution >= 0.6 is 0 Å². The van der Waals surface area contributed by atoms with Crippen LogP contribution in [0.25, 0.3) is 0 Å². The summed E-state index contributed by atoms with van der Waals surface area (Å²) in [6.45, 7) is 1.31. The van der Waals surface area contributed by atoms with Crippen molar-refractivity contribution in [3.8, 4) is 0 Å². The second-order valence-corrected chi connectivity index (χ2v) is 7.27.